The van der Waals surface area contributed by atoms with Gasteiger partial charge >= 0.3 is 23.9 Å². The van der Waals surface area contributed by atoms with Crippen molar-refractivity contribution in [2.75, 3.05) is 33.0 Å². The zero-order valence-corrected chi connectivity index (χ0v) is 81.6. The van der Waals surface area contributed by atoms with Crippen molar-refractivity contribution in [2.24, 2.45) is 29.0 Å². The lowest BCUT2D eigenvalue weighted by Gasteiger charge is -2.30. The molecule has 0 aliphatic carbocycles. The van der Waals surface area contributed by atoms with Crippen molar-refractivity contribution in [3.63, 3.8) is 0 Å². The summed E-state index contributed by atoms with van der Waals surface area (Å²) in [7, 11) is 0. The summed E-state index contributed by atoms with van der Waals surface area (Å²) in [5.41, 5.74) is 16.4. The van der Waals surface area contributed by atoms with Gasteiger partial charge in [0.05, 0.1) is 63.5 Å². The number of benzene rings is 1. The number of primary amides is 2. The number of hydrogen-bond donors (Lipinski definition) is 32. The maximum atomic E-state index is 14.7. The van der Waals surface area contributed by atoms with Crippen molar-refractivity contribution in [3.05, 3.63) is 54.1 Å². The van der Waals surface area contributed by atoms with Crippen LogP contribution in [0.15, 0.2) is 42.9 Å². The largest absolute Gasteiger partial charge is 0.481 e. The van der Waals surface area contributed by atoms with E-state index in [2.05, 4.69) is 79.1 Å². The van der Waals surface area contributed by atoms with Gasteiger partial charge in [0, 0.05) is 44.8 Å². The number of carbonyl (C=O) groups is 25. The fraction of sp³-hybridized carbons (Fsp3) is 0.609. The zero-order chi connectivity index (χ0) is 111. The molecule has 1 aliphatic rings. The molecule has 0 radical (unpaired) electrons. The van der Waals surface area contributed by atoms with Crippen LogP contribution in [0.1, 0.15) is 158 Å². The van der Waals surface area contributed by atoms with Crippen molar-refractivity contribution in [1.29, 1.82) is 0 Å². The van der Waals surface area contributed by atoms with Crippen LogP contribution in [0.5, 0.6) is 0 Å². The second kappa shape index (κ2) is 61.8. The van der Waals surface area contributed by atoms with Crippen molar-refractivity contribution in [1.82, 2.24) is 111 Å². The van der Waals surface area contributed by atoms with Crippen molar-refractivity contribution < 1.29 is 171 Å². The molecule has 3 rings (SSSR count). The van der Waals surface area contributed by atoms with E-state index in [9.17, 15) is 171 Å². The van der Waals surface area contributed by atoms with E-state index in [0.29, 0.717) is 0 Å². The standard InChI is InChI=1S/C87H134N24O35/c1-11-38(4)65(108-70(128)41(7)93-68(126)39(5)94-74(132)51(26-37(2)3)100-71(129)47(88)32-112)83(141)95-40(6)69(127)105-56(33-113)80(138)107-58(35-115)81(139)106-57(34-114)79(137)102-54(29-61(90)119)78(136)110-66(43(9)116)84(142)98-48(20-23-62(120)121)72(130)101-52(27-45-16-13-12-14-17-45)76(134)97-49(21-24-63(122)123)73(131)109-67(44(10)117)85(143)104-53(28-46-31-91-36-92-46)75(133)96-42(8)86(144)111-25-15-18-59(111)82(140)103-55(30-64(124)125)77(135)99-50(87(145)146)19-22-60(89)118/h12-14,16-17,31,36-44,47-59,65-67,112-117H,11,15,18-30,32-35,88H2,1-10H3,(H2,89,118)(H2,90,119)(H,91,92)(H,93,126)(H,94,132)(H,95,141)(H,96,133)(H,97,134)(H,98,142)(H,99,135)(H,100,129)(H,101,130)(H,102,137)(H,103,140)(H,104,143)(H,105,127)(H,106,139)(H,107,138)(H,108,128)(H,109,131)(H,110,136)(H,120,121)(H,122,123)(H,124,125)(H,145,146)/t38-,39-,40-,41-,42-,43+,44+,47-,48-,49-,50-,51-,52-,53-,54-,55-,56-,57-,58-,59-,65-,66-,67-/m0/s1. The lowest BCUT2D eigenvalue weighted by molar-refractivity contribution is -0.145. The van der Waals surface area contributed by atoms with Crippen LogP contribution in [0.25, 0.3) is 0 Å². The van der Waals surface area contributed by atoms with Crippen LogP contribution >= 0.6 is 0 Å². The average Bonchev–Trinajstić information content (AvgIpc) is 1.66. The number of likely N-dealkylation sites (tertiary alicyclic amines) is 1. The van der Waals surface area contributed by atoms with Crippen LogP contribution in [-0.4, -0.2) is 380 Å². The van der Waals surface area contributed by atoms with Crippen molar-refractivity contribution >= 4 is 148 Å². The number of nitrogens with zero attached hydrogens (tertiary/aromatic N) is 2. The van der Waals surface area contributed by atoms with Gasteiger partial charge in [-0.25, -0.2) is 9.78 Å². The van der Waals surface area contributed by atoms with Gasteiger partial charge in [0.1, 0.15) is 121 Å². The minimum Gasteiger partial charge on any atom is -0.481 e. The highest BCUT2D eigenvalue weighted by Crippen LogP contribution is 2.21. The third-order valence-corrected chi connectivity index (χ3v) is 22.5. The minimum absolute atomic E-state index is 0.0790. The van der Waals surface area contributed by atoms with Gasteiger partial charge in [-0.3, -0.25) is 115 Å². The SMILES string of the molecule is CC[C@H](C)[C@H](NC(=O)[C@H](C)NC(=O)[C@H](C)NC(=O)[C@H](CC(C)C)NC(=O)[C@@H](N)CO)C(=O)N[C@@H](C)C(=O)N[C@@H](CO)C(=O)N[C@@H](CO)C(=O)N[C@@H](CO)C(=O)N[C@@H](CC(N)=O)C(=O)N[C@H](C(=O)N[C@@H](CCC(=O)O)C(=O)N[C@@H](Cc1ccccc1)C(=O)N[C@@H](CCC(=O)O)C(=O)N[C@H](C(=O)N[C@@H](Cc1c[nH]cn1)C(=O)N[C@@H](C)C(=O)N1CCC[C@H]1C(=O)N[C@@H](CC(=O)O)C(=O)N[C@@H](CCC(N)=O)C(=O)O)[C@@H](C)O)[C@@H](C)O. The molecule has 59 nitrogen and oxygen atoms in total. The number of aliphatic hydroxyl groups excluding tert-OH is 6. The van der Waals surface area contributed by atoms with Crippen LogP contribution in [-0.2, 0) is 133 Å². The third-order valence-electron chi connectivity index (χ3n) is 22.5. The average molecular weight is 2080 g/mol. The predicted molar refractivity (Wildman–Crippen MR) is 499 cm³/mol. The smallest absolute Gasteiger partial charge is 0.326 e. The number of carboxylic acids is 4. The maximum Gasteiger partial charge on any atom is 0.326 e. The Hall–Kier alpha value is -15.1. The Balaban J connectivity index is 1.84. The quantitative estimate of drug-likeness (QED) is 0.0292. The van der Waals surface area contributed by atoms with Crippen LogP contribution in [0, 0.1) is 11.8 Å². The Morgan fingerprint density at radius 1 is 0.390 bits per heavy atom. The van der Waals surface area contributed by atoms with E-state index >= 15 is 0 Å². The summed E-state index contributed by atoms with van der Waals surface area (Å²) >= 11 is 0. The van der Waals surface area contributed by atoms with Gasteiger partial charge in [-0.2, -0.15) is 0 Å². The van der Waals surface area contributed by atoms with Crippen LogP contribution in [0.4, 0.5) is 0 Å². The van der Waals surface area contributed by atoms with Gasteiger partial charge in [-0.15, -0.1) is 0 Å². The number of aliphatic hydroxyl groups is 6. The molecular weight excluding hydrogens is 1940 g/mol. The van der Waals surface area contributed by atoms with Crippen molar-refractivity contribution in [2.45, 2.75) is 292 Å². The highest BCUT2D eigenvalue weighted by molar-refractivity contribution is 6.03. The molecule has 23 atom stereocenters. The topological polar surface area (TPSA) is 956 Å². The summed E-state index contributed by atoms with van der Waals surface area (Å²) in [6.45, 7) is 8.62. The van der Waals surface area contributed by atoms with Crippen LogP contribution in [0.3, 0.4) is 0 Å². The van der Waals surface area contributed by atoms with Gasteiger partial charge in [0.25, 0.3) is 0 Å². The molecule has 0 bridgehead atoms. The van der Waals surface area contributed by atoms with E-state index < -0.39 is 378 Å². The van der Waals surface area contributed by atoms with E-state index in [1.165, 1.54) is 63.6 Å². The van der Waals surface area contributed by atoms with E-state index in [-0.39, 0.29) is 49.4 Å². The molecular formula is C87H134N24O35. The summed E-state index contributed by atoms with van der Waals surface area (Å²) in [4.78, 5) is 342. The molecule has 146 heavy (non-hydrogen) atoms. The molecule has 1 aromatic heterocycles. The number of aromatic amines is 1. The second-order valence-corrected chi connectivity index (χ2v) is 35.0. The van der Waals surface area contributed by atoms with Crippen molar-refractivity contribution in [3.8, 4) is 0 Å². The highest BCUT2D eigenvalue weighted by Gasteiger charge is 2.44. The Labute approximate surface area is 834 Å². The molecule has 59 heteroatoms. The van der Waals surface area contributed by atoms with E-state index in [1.807, 2.05) is 26.6 Å². The highest BCUT2D eigenvalue weighted by atomic mass is 16.4. The molecule has 1 saturated heterocycles. The van der Waals surface area contributed by atoms with Crippen LogP contribution in [0.2, 0.25) is 0 Å². The molecule has 1 fully saturated rings. The normalized spacial score (nSPS) is 16.7. The molecule has 2 aromatic rings. The maximum absolute atomic E-state index is 14.7. The predicted octanol–water partition coefficient (Wildman–Crippen LogP) is -14.4. The first kappa shape index (κ1) is 125. The Kier molecular flexibility index (Phi) is 52.9. The fourth-order valence-electron chi connectivity index (χ4n) is 14.0. The molecule has 0 unspecified atom stereocenters. The number of H-pyrrole nitrogens is 1. The van der Waals surface area contributed by atoms with Gasteiger partial charge in [-0.1, -0.05) is 64.4 Å². The lowest BCUT2D eigenvalue weighted by atomic mass is 9.97. The molecule has 0 spiro atoms. The number of nitrogens with one attached hydrogen (secondary N) is 19. The van der Waals surface area contributed by atoms with Gasteiger partial charge in [-0.05, 0) is 97.5 Å². The summed E-state index contributed by atoms with van der Waals surface area (Å²) in [5.74, 6) is -32.5. The molecule has 21 amide bonds. The van der Waals surface area contributed by atoms with Gasteiger partial charge in [0.15, 0.2) is 0 Å². The number of aliphatic carboxylic acids is 4. The first-order chi connectivity index (χ1) is 68.4. The first-order valence-corrected chi connectivity index (χ1v) is 46.2. The fourth-order valence-corrected chi connectivity index (χ4v) is 14.0. The van der Waals surface area contributed by atoms with E-state index in [4.69, 9.17) is 17.2 Å². The summed E-state index contributed by atoms with van der Waals surface area (Å²) in [6.07, 6.45) is -8.98. The minimum atomic E-state index is -2.27. The number of rotatable bonds is 65. The summed E-state index contributed by atoms with van der Waals surface area (Å²) in [6, 6.07) is -28.2. The van der Waals surface area contributed by atoms with E-state index in [0.717, 1.165) is 25.7 Å². The molecule has 812 valence electrons. The van der Waals surface area contributed by atoms with Gasteiger partial charge in [0.2, 0.25) is 124 Å². The van der Waals surface area contributed by atoms with Crippen LogP contribution < -0.4 is 113 Å². The summed E-state index contributed by atoms with van der Waals surface area (Å²) in [5, 5.41) is 141. The number of hydrogen-bond acceptors (Lipinski definition) is 33. The zero-order valence-electron chi connectivity index (χ0n) is 81.6. The molecule has 1 aliphatic heterocycles. The Morgan fingerprint density at radius 3 is 1.22 bits per heavy atom. The van der Waals surface area contributed by atoms with E-state index in [1.54, 1.807) is 27.7 Å². The third kappa shape index (κ3) is 42.4. The number of carbonyl (C=O) groups excluding carboxylic acids is 21. The Bertz CT molecular complexity index is 4920. The number of amides is 21. The molecule has 2 heterocycles. The summed E-state index contributed by atoms with van der Waals surface area (Å²) < 4.78 is 0. The lowest BCUT2D eigenvalue weighted by Crippen LogP contribution is -2.63. The Morgan fingerprint density at radius 2 is 0.760 bits per heavy atom. The number of nitrogens with two attached hydrogens (primary N) is 3. The number of aromatic nitrogens is 2. The molecule has 0 saturated carbocycles. The second-order valence-electron chi connectivity index (χ2n) is 35.0. The first-order valence-electron chi connectivity index (χ1n) is 46.2. The number of carboxylic acid groups (broad SMARTS) is 4. The molecule has 35 N–H and O–H groups in total. The monoisotopic (exact) mass is 2070 g/mol. The van der Waals surface area contributed by atoms with Gasteiger partial charge < -0.3 is 174 Å². The molecule has 1 aromatic carbocycles. The number of imidazole rings is 1.